The highest BCUT2D eigenvalue weighted by Gasteiger charge is 2.39. The molecule has 1 aliphatic rings. The normalized spacial score (nSPS) is 17.8. The van der Waals surface area contributed by atoms with Crippen molar-refractivity contribution in [3.05, 3.63) is 41.2 Å². The van der Waals surface area contributed by atoms with Crippen molar-refractivity contribution in [2.24, 2.45) is 5.41 Å². The lowest BCUT2D eigenvalue weighted by Gasteiger charge is -2.29. The second-order valence-electron chi connectivity index (χ2n) is 11.4. The fraction of sp³-hybridized carbons (Fsp3) is 0.500. The molecule has 0 unspecified atom stereocenters. The van der Waals surface area contributed by atoms with Gasteiger partial charge >= 0.3 is 12.0 Å². The lowest BCUT2D eigenvalue weighted by molar-refractivity contribution is 0.00799. The fourth-order valence-electron chi connectivity index (χ4n) is 4.87. The van der Waals surface area contributed by atoms with Gasteiger partial charge in [-0.25, -0.2) is 9.78 Å². The van der Waals surface area contributed by atoms with Crippen molar-refractivity contribution < 1.29 is 23.0 Å². The molecule has 3 aromatic rings. The summed E-state index contributed by atoms with van der Waals surface area (Å²) >= 11 is 0. The highest BCUT2D eigenvalue weighted by Crippen LogP contribution is 2.42. The summed E-state index contributed by atoms with van der Waals surface area (Å²) in [6, 6.07) is 9.51. The number of carbonyl (C=O) groups excluding carboxylic acids is 1. The molecular formula is C28H34F2N6O3. The van der Waals surface area contributed by atoms with Gasteiger partial charge in [-0.2, -0.15) is 18.6 Å². The Morgan fingerprint density at radius 3 is 2.62 bits per heavy atom. The van der Waals surface area contributed by atoms with E-state index in [1.54, 1.807) is 34.8 Å². The number of alkyl halides is 2. The first-order valence-electron chi connectivity index (χ1n) is 12.7. The van der Waals surface area contributed by atoms with Crippen molar-refractivity contribution in [2.75, 3.05) is 31.6 Å². The molecule has 1 fully saturated rings. The molecule has 0 radical (unpaired) electrons. The first-order chi connectivity index (χ1) is 18.2. The number of amides is 1. The number of halogens is 2. The van der Waals surface area contributed by atoms with E-state index >= 15 is 0 Å². The number of nitriles is 1. The third-order valence-corrected chi connectivity index (χ3v) is 6.78. The zero-order valence-corrected chi connectivity index (χ0v) is 23.4. The van der Waals surface area contributed by atoms with Crippen molar-refractivity contribution in [1.29, 1.82) is 5.26 Å². The van der Waals surface area contributed by atoms with Gasteiger partial charge in [0.05, 0.1) is 7.11 Å². The summed E-state index contributed by atoms with van der Waals surface area (Å²) < 4.78 is 40.9. The fourth-order valence-corrected chi connectivity index (χ4v) is 4.87. The number of nitrogens with one attached hydrogen (secondary N) is 1. The second-order valence-corrected chi connectivity index (χ2v) is 11.4. The SMILES string of the molecule is COc1cccc(-c2c(C)c(C#N)c3nc(C(C)(F)F)nn3c2N2CC[C@@](C)(CNC(=O)OC(C)(C)C)C2)c1. The first-order valence-corrected chi connectivity index (χ1v) is 12.7. The first kappa shape index (κ1) is 28.1. The minimum atomic E-state index is -3.29. The lowest BCUT2D eigenvalue weighted by Crippen LogP contribution is -2.40. The number of hydrogen-bond donors (Lipinski definition) is 1. The molecule has 1 atom stereocenters. The summed E-state index contributed by atoms with van der Waals surface area (Å²) in [5.41, 5.74) is 1.33. The molecule has 2 aromatic heterocycles. The summed E-state index contributed by atoms with van der Waals surface area (Å²) in [6.07, 6.45) is 0.216. The van der Waals surface area contributed by atoms with Gasteiger partial charge in [-0.15, -0.1) is 5.10 Å². The number of hydrogen-bond acceptors (Lipinski definition) is 7. The van der Waals surface area contributed by atoms with Crippen LogP contribution >= 0.6 is 0 Å². The molecule has 1 aliphatic heterocycles. The van der Waals surface area contributed by atoms with E-state index in [-0.39, 0.29) is 16.6 Å². The third-order valence-electron chi connectivity index (χ3n) is 6.78. The molecule has 1 amide bonds. The molecule has 0 bridgehead atoms. The summed E-state index contributed by atoms with van der Waals surface area (Å²) in [5, 5.41) is 17.1. The molecule has 11 heteroatoms. The molecule has 3 heterocycles. The average Bonchev–Trinajstić information content (AvgIpc) is 3.46. The van der Waals surface area contributed by atoms with Gasteiger partial charge in [0, 0.05) is 37.5 Å². The molecular weight excluding hydrogens is 506 g/mol. The van der Waals surface area contributed by atoms with Gasteiger partial charge in [0.2, 0.25) is 5.82 Å². The quantitative estimate of drug-likeness (QED) is 0.444. The number of fused-ring (bicyclic) bond motifs is 1. The molecule has 1 saturated heterocycles. The Balaban J connectivity index is 1.84. The molecule has 39 heavy (non-hydrogen) atoms. The Hall–Kier alpha value is -3.94. The number of carbonyl (C=O) groups is 1. The number of methoxy groups -OCH3 is 1. The summed E-state index contributed by atoms with van der Waals surface area (Å²) in [7, 11) is 1.56. The molecule has 0 spiro atoms. The smallest absolute Gasteiger partial charge is 0.407 e. The predicted octanol–water partition coefficient (Wildman–Crippen LogP) is 5.44. The summed E-state index contributed by atoms with van der Waals surface area (Å²) in [6.45, 7) is 11.4. The number of aromatic nitrogens is 3. The number of pyridine rings is 1. The van der Waals surface area contributed by atoms with Crippen molar-refractivity contribution in [3.63, 3.8) is 0 Å². The van der Waals surface area contributed by atoms with Crippen molar-refractivity contribution in [1.82, 2.24) is 19.9 Å². The zero-order valence-electron chi connectivity index (χ0n) is 23.4. The number of anilines is 1. The van der Waals surface area contributed by atoms with Crippen LogP contribution in [0, 0.1) is 23.7 Å². The van der Waals surface area contributed by atoms with Crippen molar-refractivity contribution in [3.8, 4) is 22.9 Å². The summed E-state index contributed by atoms with van der Waals surface area (Å²) in [5.74, 6) is -2.78. The van der Waals surface area contributed by atoms with Gasteiger partial charge < -0.3 is 19.7 Å². The van der Waals surface area contributed by atoms with E-state index in [9.17, 15) is 18.8 Å². The average molecular weight is 541 g/mol. The highest BCUT2D eigenvalue weighted by atomic mass is 19.3. The minimum Gasteiger partial charge on any atom is -0.497 e. The summed E-state index contributed by atoms with van der Waals surface area (Å²) in [4.78, 5) is 18.5. The number of alkyl carbamates (subject to hydrolysis) is 1. The van der Waals surface area contributed by atoms with Crippen LogP contribution in [-0.4, -0.2) is 53.0 Å². The maximum atomic E-state index is 14.4. The molecule has 0 aliphatic carbocycles. The Labute approximate surface area is 226 Å². The van der Waals surface area contributed by atoms with Crippen LogP contribution in [0.1, 0.15) is 58.0 Å². The number of rotatable bonds is 6. The van der Waals surface area contributed by atoms with Gasteiger partial charge in [0.15, 0.2) is 5.65 Å². The molecule has 1 aromatic carbocycles. The Morgan fingerprint density at radius 1 is 1.28 bits per heavy atom. The van der Waals surface area contributed by atoms with E-state index in [0.29, 0.717) is 48.7 Å². The molecule has 9 nitrogen and oxygen atoms in total. The largest absolute Gasteiger partial charge is 0.497 e. The van der Waals surface area contributed by atoms with E-state index in [1.807, 2.05) is 24.3 Å². The van der Waals surface area contributed by atoms with Gasteiger partial charge in [-0.1, -0.05) is 19.1 Å². The standard InChI is InChI=1S/C28H34F2N6O3/c1-17-20(14-31)22-33-24(28(6,29)30)34-36(22)23(21(17)18-9-8-10-19(13-18)38-7)35-12-11-27(5,16-35)15-32-25(37)39-26(2,3)4/h8-10,13H,11-12,15-16H2,1-7H3,(H,32,37)/t27-/m0/s1. The van der Waals surface area contributed by atoms with Crippen LogP contribution in [0.25, 0.3) is 16.8 Å². The monoisotopic (exact) mass is 540 g/mol. The van der Waals surface area contributed by atoms with Gasteiger partial charge in [-0.3, -0.25) is 0 Å². The van der Waals surface area contributed by atoms with Crippen molar-refractivity contribution >= 4 is 17.6 Å². The number of benzene rings is 1. The Kier molecular flexibility index (Phi) is 7.19. The maximum absolute atomic E-state index is 14.4. The van der Waals surface area contributed by atoms with Crippen LogP contribution in [0.3, 0.4) is 0 Å². The van der Waals surface area contributed by atoms with E-state index in [2.05, 4.69) is 33.3 Å². The van der Waals surface area contributed by atoms with Crippen LogP contribution in [0.4, 0.5) is 19.4 Å². The number of ether oxygens (including phenoxy) is 2. The zero-order chi connectivity index (χ0) is 28.8. The van der Waals surface area contributed by atoms with E-state index in [0.717, 1.165) is 12.5 Å². The van der Waals surface area contributed by atoms with E-state index in [4.69, 9.17) is 9.47 Å². The van der Waals surface area contributed by atoms with Crippen molar-refractivity contribution in [2.45, 2.75) is 59.5 Å². The number of nitrogens with zero attached hydrogens (tertiary/aromatic N) is 5. The Morgan fingerprint density at radius 2 is 2.00 bits per heavy atom. The van der Waals surface area contributed by atoms with Gasteiger partial charge in [0.25, 0.3) is 0 Å². The van der Waals surface area contributed by atoms with Crippen LogP contribution in [0.2, 0.25) is 0 Å². The molecule has 208 valence electrons. The maximum Gasteiger partial charge on any atom is 0.407 e. The van der Waals surface area contributed by atoms with Crippen LogP contribution in [-0.2, 0) is 10.7 Å². The molecule has 4 rings (SSSR count). The van der Waals surface area contributed by atoms with E-state index < -0.39 is 23.4 Å². The van der Waals surface area contributed by atoms with Gasteiger partial charge in [0.1, 0.15) is 28.8 Å². The molecule has 0 saturated carbocycles. The minimum absolute atomic E-state index is 0.0775. The topological polar surface area (TPSA) is 105 Å². The second kappa shape index (κ2) is 9.98. The Bertz CT molecular complexity index is 1450. The van der Waals surface area contributed by atoms with Crippen LogP contribution < -0.4 is 15.0 Å². The highest BCUT2D eigenvalue weighted by molar-refractivity contribution is 5.85. The predicted molar refractivity (Wildman–Crippen MR) is 143 cm³/mol. The van der Waals surface area contributed by atoms with Crippen LogP contribution in [0.15, 0.2) is 24.3 Å². The third kappa shape index (κ3) is 5.75. The lowest BCUT2D eigenvalue weighted by atomic mass is 9.90. The molecule has 1 N–H and O–H groups in total. The van der Waals surface area contributed by atoms with Gasteiger partial charge in [-0.05, 0) is 57.4 Å². The van der Waals surface area contributed by atoms with Crippen LogP contribution in [0.5, 0.6) is 5.75 Å². The van der Waals surface area contributed by atoms with E-state index in [1.165, 1.54) is 4.52 Å².